The zero-order valence-electron chi connectivity index (χ0n) is 7.39. The molecule has 0 spiro atoms. The summed E-state index contributed by atoms with van der Waals surface area (Å²) in [6.07, 6.45) is -1.95. The van der Waals surface area contributed by atoms with Gasteiger partial charge in [0.2, 0.25) is 6.79 Å². The lowest BCUT2D eigenvalue weighted by molar-refractivity contribution is -0.306. The van der Waals surface area contributed by atoms with Crippen LogP contribution in [0.1, 0.15) is 12.8 Å². The molecule has 0 rings (SSSR count). The second-order valence-electron chi connectivity index (χ2n) is 2.25. The lowest BCUT2D eigenvalue weighted by Crippen LogP contribution is -2.28. The van der Waals surface area contributed by atoms with Gasteiger partial charge in [0.1, 0.15) is 0 Å². The molecule has 0 N–H and O–H groups in total. The first-order valence-corrected chi connectivity index (χ1v) is 3.62. The average molecular weight is 218 g/mol. The SMILES string of the molecule is O=C([O-])CC(=O)OCOC(=O)CC(=O)[O-]. The zero-order valence-corrected chi connectivity index (χ0v) is 7.39. The van der Waals surface area contributed by atoms with E-state index in [1.807, 2.05) is 0 Å². The van der Waals surface area contributed by atoms with Crippen LogP contribution in [0.15, 0.2) is 0 Å². The summed E-state index contributed by atoms with van der Waals surface area (Å²) in [5, 5.41) is 19.7. The lowest BCUT2D eigenvalue weighted by atomic mass is 10.4. The van der Waals surface area contributed by atoms with Gasteiger partial charge in [-0.3, -0.25) is 9.59 Å². The molecule has 0 saturated carbocycles. The summed E-state index contributed by atoms with van der Waals surface area (Å²) < 4.78 is 8.18. The van der Waals surface area contributed by atoms with E-state index in [1.54, 1.807) is 0 Å². The molecule has 0 amide bonds. The fourth-order valence-corrected chi connectivity index (χ4v) is 0.499. The van der Waals surface area contributed by atoms with Gasteiger partial charge >= 0.3 is 11.9 Å². The number of carbonyl (C=O) groups excluding carboxylic acids is 4. The molecule has 0 aliphatic heterocycles. The van der Waals surface area contributed by atoms with Crippen molar-refractivity contribution in [1.82, 2.24) is 0 Å². The summed E-state index contributed by atoms with van der Waals surface area (Å²) in [5.74, 6) is -5.59. The van der Waals surface area contributed by atoms with Crippen molar-refractivity contribution in [3.05, 3.63) is 0 Å². The molecule has 0 saturated heterocycles. The third-order valence-electron chi connectivity index (χ3n) is 1.02. The van der Waals surface area contributed by atoms with Crippen LogP contribution in [0.25, 0.3) is 0 Å². The van der Waals surface area contributed by atoms with Gasteiger partial charge < -0.3 is 29.3 Å². The summed E-state index contributed by atoms with van der Waals surface area (Å²) in [6, 6.07) is 0. The van der Waals surface area contributed by atoms with Crippen molar-refractivity contribution in [2.75, 3.05) is 6.79 Å². The van der Waals surface area contributed by atoms with Gasteiger partial charge in [-0.1, -0.05) is 0 Å². The van der Waals surface area contributed by atoms with Crippen LogP contribution in [-0.4, -0.2) is 30.7 Å². The molecule has 0 radical (unpaired) electrons. The number of rotatable bonds is 6. The van der Waals surface area contributed by atoms with Crippen LogP contribution in [0.5, 0.6) is 0 Å². The second-order valence-corrected chi connectivity index (χ2v) is 2.25. The minimum Gasteiger partial charge on any atom is -0.550 e. The van der Waals surface area contributed by atoms with E-state index >= 15 is 0 Å². The van der Waals surface area contributed by atoms with Gasteiger partial charge in [-0.2, -0.15) is 0 Å². The number of esters is 2. The summed E-state index contributed by atoms with van der Waals surface area (Å²) in [5.41, 5.74) is 0. The Morgan fingerprint density at radius 1 is 0.800 bits per heavy atom. The van der Waals surface area contributed by atoms with E-state index in [9.17, 15) is 29.4 Å². The van der Waals surface area contributed by atoms with Crippen LogP contribution in [0.3, 0.4) is 0 Å². The highest BCUT2D eigenvalue weighted by molar-refractivity contribution is 5.90. The van der Waals surface area contributed by atoms with Crippen molar-refractivity contribution in [2.45, 2.75) is 12.8 Å². The highest BCUT2D eigenvalue weighted by atomic mass is 16.7. The molecule has 0 bridgehead atoms. The summed E-state index contributed by atoms with van der Waals surface area (Å²) in [7, 11) is 0. The first-order chi connectivity index (χ1) is 6.91. The molecule has 84 valence electrons. The van der Waals surface area contributed by atoms with Gasteiger partial charge in [-0.05, 0) is 0 Å². The largest absolute Gasteiger partial charge is 0.550 e. The Morgan fingerprint density at radius 3 is 1.40 bits per heavy atom. The molecule has 0 aromatic heterocycles. The summed E-state index contributed by atoms with van der Waals surface area (Å²) in [4.78, 5) is 40.7. The molecule has 0 atom stereocenters. The lowest BCUT2D eigenvalue weighted by Gasteiger charge is -2.06. The first-order valence-electron chi connectivity index (χ1n) is 3.62. The van der Waals surface area contributed by atoms with E-state index in [0.717, 1.165) is 0 Å². The molecule has 0 aliphatic rings. The number of carbonyl (C=O) groups is 4. The fourth-order valence-electron chi connectivity index (χ4n) is 0.499. The predicted octanol–water partition coefficient (Wildman–Crippen LogP) is -3.69. The van der Waals surface area contributed by atoms with Crippen molar-refractivity contribution in [2.24, 2.45) is 0 Å². The van der Waals surface area contributed by atoms with Crippen LogP contribution in [0.2, 0.25) is 0 Å². The molecule has 0 aliphatic carbocycles. The Balaban J connectivity index is 3.61. The van der Waals surface area contributed by atoms with Crippen LogP contribution in [-0.2, 0) is 28.7 Å². The standard InChI is InChI=1S/C7H8O8/c8-4(9)1-6(12)14-3-15-7(13)2-5(10)11/h1-3H2,(H,8,9)(H,10,11)/p-2. The molecule has 0 aromatic rings. The molecule has 0 fully saturated rings. The van der Waals surface area contributed by atoms with Crippen LogP contribution in [0, 0.1) is 0 Å². The van der Waals surface area contributed by atoms with Gasteiger partial charge in [-0.25, -0.2) is 0 Å². The first kappa shape index (κ1) is 12.9. The Hall–Kier alpha value is -2.12. The van der Waals surface area contributed by atoms with Gasteiger partial charge in [0.15, 0.2) is 0 Å². The molecule has 0 heterocycles. The van der Waals surface area contributed by atoms with Gasteiger partial charge in [0.05, 0.1) is 24.8 Å². The predicted molar refractivity (Wildman–Crippen MR) is 36.3 cm³/mol. The van der Waals surface area contributed by atoms with E-state index in [2.05, 4.69) is 9.47 Å². The summed E-state index contributed by atoms with van der Waals surface area (Å²) >= 11 is 0. The number of ether oxygens (including phenoxy) is 2. The Kier molecular flexibility index (Phi) is 5.45. The topological polar surface area (TPSA) is 133 Å². The van der Waals surface area contributed by atoms with Crippen LogP contribution >= 0.6 is 0 Å². The molecule has 0 aromatic carbocycles. The molecule has 0 unspecified atom stereocenters. The van der Waals surface area contributed by atoms with Crippen LogP contribution < -0.4 is 10.2 Å². The molecular formula is C7H6O8-2. The maximum absolute atomic E-state index is 10.5. The van der Waals surface area contributed by atoms with E-state index in [0.29, 0.717) is 0 Å². The minimum absolute atomic E-state index is 0.849. The fraction of sp³-hybridized carbons (Fsp3) is 0.429. The van der Waals surface area contributed by atoms with Gasteiger partial charge in [0.25, 0.3) is 0 Å². The molecule has 15 heavy (non-hydrogen) atoms. The third kappa shape index (κ3) is 8.22. The van der Waals surface area contributed by atoms with E-state index < -0.39 is 43.5 Å². The highest BCUT2D eigenvalue weighted by Crippen LogP contribution is 1.89. The number of aliphatic carboxylic acids is 2. The van der Waals surface area contributed by atoms with Crippen molar-refractivity contribution in [1.29, 1.82) is 0 Å². The third-order valence-corrected chi connectivity index (χ3v) is 1.02. The Morgan fingerprint density at radius 2 is 1.13 bits per heavy atom. The molecule has 8 nitrogen and oxygen atoms in total. The molecule has 8 heteroatoms. The second kappa shape index (κ2) is 6.35. The number of hydrogen-bond acceptors (Lipinski definition) is 8. The van der Waals surface area contributed by atoms with Crippen molar-refractivity contribution >= 4 is 23.9 Å². The Labute approximate surface area is 83.4 Å². The van der Waals surface area contributed by atoms with Crippen molar-refractivity contribution in [3.8, 4) is 0 Å². The van der Waals surface area contributed by atoms with Crippen LogP contribution in [0.4, 0.5) is 0 Å². The van der Waals surface area contributed by atoms with Crippen molar-refractivity contribution < 1.29 is 38.9 Å². The Bertz CT molecular complexity index is 253. The quantitative estimate of drug-likeness (QED) is 0.252. The smallest absolute Gasteiger partial charge is 0.314 e. The van der Waals surface area contributed by atoms with Gasteiger partial charge in [0, 0.05) is 0 Å². The normalized spacial score (nSPS) is 9.07. The maximum atomic E-state index is 10.5. The van der Waals surface area contributed by atoms with E-state index in [4.69, 9.17) is 0 Å². The number of carboxylic acids is 2. The number of hydrogen-bond donors (Lipinski definition) is 0. The summed E-state index contributed by atoms with van der Waals surface area (Å²) in [6.45, 7) is -0.849. The minimum atomic E-state index is -1.64. The average Bonchev–Trinajstić information content (AvgIpc) is 2.00. The van der Waals surface area contributed by atoms with Gasteiger partial charge in [-0.15, -0.1) is 0 Å². The van der Waals surface area contributed by atoms with E-state index in [-0.39, 0.29) is 0 Å². The van der Waals surface area contributed by atoms with Crippen molar-refractivity contribution in [3.63, 3.8) is 0 Å². The monoisotopic (exact) mass is 218 g/mol. The number of carboxylic acid groups (broad SMARTS) is 2. The highest BCUT2D eigenvalue weighted by Gasteiger charge is 2.06. The zero-order chi connectivity index (χ0) is 11.8. The maximum Gasteiger partial charge on any atom is 0.314 e. The van der Waals surface area contributed by atoms with E-state index in [1.165, 1.54) is 0 Å². The molecular weight excluding hydrogens is 212 g/mol.